The maximum Gasteiger partial charge on any atom is 0.186 e. The molecule has 3 N–H and O–H groups in total. The first kappa shape index (κ1) is 9.36. The maximum atomic E-state index is 9.96. The highest BCUT2D eigenvalue weighted by Crippen LogP contribution is 2.43. The Bertz CT molecular complexity index is 209. The summed E-state index contributed by atoms with van der Waals surface area (Å²) in [5.74, 6) is 0. The number of methoxy groups -OCH3 is 1. The van der Waals surface area contributed by atoms with Crippen molar-refractivity contribution in [1.29, 1.82) is 0 Å². The molecule has 2 fully saturated rings. The first-order valence-electron chi connectivity index (χ1n) is 4.36. The standard InChI is InChI=1S/C8H14O5/c1-12-7-5(10)8(11)3-2-4(9)6(8)13-7/h4-7,9-11H,2-3H2,1H3/t4-,5+,6-,7?,8?/m1/s1. The fraction of sp³-hybridized carbons (Fsp3) is 1.00. The fourth-order valence-electron chi connectivity index (χ4n) is 2.17. The van der Waals surface area contributed by atoms with Crippen LogP contribution in [-0.4, -0.2) is 52.6 Å². The van der Waals surface area contributed by atoms with Crippen molar-refractivity contribution in [2.45, 2.75) is 43.0 Å². The lowest BCUT2D eigenvalue weighted by atomic mass is 9.95. The molecule has 5 heteroatoms. The van der Waals surface area contributed by atoms with Crippen LogP contribution in [0.25, 0.3) is 0 Å². The lowest BCUT2D eigenvalue weighted by Gasteiger charge is -2.24. The summed E-state index contributed by atoms with van der Waals surface area (Å²) in [5, 5.41) is 29.0. The minimum atomic E-state index is -1.33. The summed E-state index contributed by atoms with van der Waals surface area (Å²) in [6.07, 6.45) is -2.52. The van der Waals surface area contributed by atoms with Gasteiger partial charge in [0.15, 0.2) is 6.29 Å². The molecule has 0 aromatic rings. The van der Waals surface area contributed by atoms with Gasteiger partial charge in [0.25, 0.3) is 0 Å². The lowest BCUT2D eigenvalue weighted by Crippen LogP contribution is -2.46. The van der Waals surface area contributed by atoms with Gasteiger partial charge in [0, 0.05) is 7.11 Å². The van der Waals surface area contributed by atoms with Gasteiger partial charge in [-0.15, -0.1) is 0 Å². The van der Waals surface area contributed by atoms with Gasteiger partial charge in [-0.2, -0.15) is 0 Å². The minimum Gasteiger partial charge on any atom is -0.390 e. The summed E-state index contributed by atoms with van der Waals surface area (Å²) < 4.78 is 10.0. The Morgan fingerprint density at radius 3 is 2.69 bits per heavy atom. The molecule has 5 nitrogen and oxygen atoms in total. The second kappa shape index (κ2) is 2.90. The van der Waals surface area contributed by atoms with Crippen molar-refractivity contribution >= 4 is 0 Å². The molecule has 5 atom stereocenters. The van der Waals surface area contributed by atoms with Crippen LogP contribution in [0.1, 0.15) is 12.8 Å². The van der Waals surface area contributed by atoms with Gasteiger partial charge in [0.05, 0.1) is 6.10 Å². The molecule has 1 saturated carbocycles. The van der Waals surface area contributed by atoms with Crippen molar-refractivity contribution in [3.05, 3.63) is 0 Å². The third-order valence-corrected chi connectivity index (χ3v) is 2.97. The largest absolute Gasteiger partial charge is 0.390 e. The molecule has 0 aromatic heterocycles. The van der Waals surface area contributed by atoms with Gasteiger partial charge in [0.2, 0.25) is 0 Å². The molecule has 13 heavy (non-hydrogen) atoms. The number of fused-ring (bicyclic) bond motifs is 1. The molecule has 1 heterocycles. The van der Waals surface area contributed by atoms with E-state index < -0.39 is 30.2 Å². The van der Waals surface area contributed by atoms with Gasteiger partial charge >= 0.3 is 0 Å². The molecule has 1 aliphatic heterocycles. The van der Waals surface area contributed by atoms with Crippen LogP contribution in [0.15, 0.2) is 0 Å². The number of hydrogen-bond donors (Lipinski definition) is 3. The average Bonchev–Trinajstić information content (AvgIpc) is 2.53. The molecule has 0 radical (unpaired) electrons. The molecule has 1 saturated heterocycles. The van der Waals surface area contributed by atoms with Crippen molar-refractivity contribution in [2.24, 2.45) is 0 Å². The van der Waals surface area contributed by atoms with Gasteiger partial charge in [-0.1, -0.05) is 0 Å². The van der Waals surface area contributed by atoms with E-state index in [1.807, 2.05) is 0 Å². The van der Waals surface area contributed by atoms with Crippen LogP contribution >= 0.6 is 0 Å². The summed E-state index contributed by atoms with van der Waals surface area (Å²) in [6, 6.07) is 0. The number of aliphatic hydroxyl groups excluding tert-OH is 2. The molecule has 0 aromatic carbocycles. The first-order chi connectivity index (χ1) is 6.09. The highest BCUT2D eigenvalue weighted by molar-refractivity contribution is 5.08. The topological polar surface area (TPSA) is 79.2 Å². The Labute approximate surface area is 75.9 Å². The fourth-order valence-corrected chi connectivity index (χ4v) is 2.17. The van der Waals surface area contributed by atoms with Crippen molar-refractivity contribution < 1.29 is 24.8 Å². The van der Waals surface area contributed by atoms with Crippen LogP contribution in [0.4, 0.5) is 0 Å². The highest BCUT2D eigenvalue weighted by Gasteiger charge is 2.61. The molecule has 0 amide bonds. The van der Waals surface area contributed by atoms with E-state index in [0.29, 0.717) is 12.8 Å². The van der Waals surface area contributed by atoms with Gasteiger partial charge in [-0.3, -0.25) is 0 Å². The number of hydrogen-bond acceptors (Lipinski definition) is 5. The number of rotatable bonds is 1. The summed E-state index contributed by atoms with van der Waals surface area (Å²) >= 11 is 0. The Kier molecular flexibility index (Phi) is 2.08. The highest BCUT2D eigenvalue weighted by atomic mass is 16.7. The second-order valence-corrected chi connectivity index (χ2v) is 3.70. The smallest absolute Gasteiger partial charge is 0.186 e. The van der Waals surface area contributed by atoms with Crippen LogP contribution in [0.3, 0.4) is 0 Å². The first-order valence-corrected chi connectivity index (χ1v) is 4.36. The summed E-state index contributed by atoms with van der Waals surface area (Å²) in [5.41, 5.74) is -1.33. The third-order valence-electron chi connectivity index (χ3n) is 2.97. The molecular formula is C8H14O5. The van der Waals surface area contributed by atoms with Crippen LogP contribution in [0, 0.1) is 0 Å². The van der Waals surface area contributed by atoms with E-state index in [1.54, 1.807) is 0 Å². The zero-order valence-electron chi connectivity index (χ0n) is 7.38. The SMILES string of the molecule is COC1O[C@@H]2[C@H](O)CCC2(O)[C@H]1O. The average molecular weight is 190 g/mol. The van der Waals surface area contributed by atoms with Gasteiger partial charge in [0.1, 0.15) is 17.8 Å². The van der Waals surface area contributed by atoms with Crippen LogP contribution in [0.2, 0.25) is 0 Å². The Balaban J connectivity index is 2.21. The monoisotopic (exact) mass is 190 g/mol. The molecule has 2 rings (SSSR count). The van der Waals surface area contributed by atoms with E-state index in [9.17, 15) is 15.3 Å². The quantitative estimate of drug-likeness (QED) is 0.474. The number of ether oxygens (including phenoxy) is 2. The zero-order valence-corrected chi connectivity index (χ0v) is 7.38. The van der Waals surface area contributed by atoms with Crippen molar-refractivity contribution in [2.75, 3.05) is 7.11 Å². The van der Waals surface area contributed by atoms with Crippen LogP contribution in [-0.2, 0) is 9.47 Å². The summed E-state index contributed by atoms with van der Waals surface area (Å²) in [6.45, 7) is 0. The Morgan fingerprint density at radius 2 is 2.15 bits per heavy atom. The maximum absolute atomic E-state index is 9.96. The predicted molar refractivity (Wildman–Crippen MR) is 41.9 cm³/mol. The lowest BCUT2D eigenvalue weighted by molar-refractivity contribution is -0.163. The third kappa shape index (κ3) is 1.12. The molecule has 0 bridgehead atoms. The second-order valence-electron chi connectivity index (χ2n) is 3.70. The molecule has 0 spiro atoms. The molecule has 76 valence electrons. The Hall–Kier alpha value is -0.200. The van der Waals surface area contributed by atoms with E-state index in [-0.39, 0.29) is 0 Å². The van der Waals surface area contributed by atoms with E-state index in [4.69, 9.17) is 9.47 Å². The van der Waals surface area contributed by atoms with Gasteiger partial charge < -0.3 is 24.8 Å². The van der Waals surface area contributed by atoms with Crippen molar-refractivity contribution in [3.8, 4) is 0 Å². The molecular weight excluding hydrogens is 176 g/mol. The predicted octanol–water partition coefficient (Wildman–Crippen LogP) is -1.40. The van der Waals surface area contributed by atoms with E-state index in [0.717, 1.165) is 0 Å². The minimum absolute atomic E-state index is 0.347. The van der Waals surface area contributed by atoms with Crippen molar-refractivity contribution in [3.63, 3.8) is 0 Å². The van der Waals surface area contributed by atoms with Crippen molar-refractivity contribution in [1.82, 2.24) is 0 Å². The van der Waals surface area contributed by atoms with Crippen LogP contribution < -0.4 is 0 Å². The molecule has 1 aliphatic carbocycles. The van der Waals surface area contributed by atoms with Gasteiger partial charge in [-0.05, 0) is 12.8 Å². The van der Waals surface area contributed by atoms with E-state index in [1.165, 1.54) is 7.11 Å². The summed E-state index contributed by atoms with van der Waals surface area (Å²) in [4.78, 5) is 0. The van der Waals surface area contributed by atoms with Gasteiger partial charge in [-0.25, -0.2) is 0 Å². The Morgan fingerprint density at radius 1 is 1.46 bits per heavy atom. The number of aliphatic hydroxyl groups is 3. The summed E-state index contributed by atoms with van der Waals surface area (Å²) in [7, 11) is 1.39. The van der Waals surface area contributed by atoms with E-state index in [2.05, 4.69) is 0 Å². The molecule has 2 aliphatic rings. The molecule has 2 unspecified atom stereocenters. The normalized spacial score (nSPS) is 55.4. The zero-order chi connectivity index (χ0) is 9.64. The van der Waals surface area contributed by atoms with E-state index >= 15 is 0 Å². The van der Waals surface area contributed by atoms with Crippen LogP contribution in [0.5, 0.6) is 0 Å².